The van der Waals surface area contributed by atoms with Gasteiger partial charge < -0.3 is 0 Å². The molecule has 3 aromatic rings. The first-order valence-electron chi connectivity index (χ1n) is 6.69. The van der Waals surface area contributed by atoms with Gasteiger partial charge in [-0.3, -0.25) is 0 Å². The monoisotopic (exact) mass is 341 g/mol. The number of anilines is 1. The minimum absolute atomic E-state index is 0.214. The Morgan fingerprint density at radius 1 is 1.00 bits per heavy atom. The standard InChI is InChI=1S/C17H15N3Se/c1-13(14-8-4-2-5-9-14)19-20-17-18-16(12-21-17)15-10-6-3-7-11-15/h2-12H,1H3,(H,18,20)/b19-13-. The Morgan fingerprint density at radius 3 is 2.38 bits per heavy atom. The Bertz CT molecular complexity index is 733. The number of hydrogen-bond acceptors (Lipinski definition) is 3. The van der Waals surface area contributed by atoms with Gasteiger partial charge in [0.1, 0.15) is 0 Å². The van der Waals surface area contributed by atoms with Gasteiger partial charge in [-0.1, -0.05) is 0 Å². The molecule has 0 saturated carbocycles. The fourth-order valence-corrected chi connectivity index (χ4v) is 3.33. The van der Waals surface area contributed by atoms with Crippen molar-refractivity contribution in [2.45, 2.75) is 6.92 Å². The van der Waals surface area contributed by atoms with Crippen molar-refractivity contribution in [1.82, 2.24) is 4.98 Å². The van der Waals surface area contributed by atoms with E-state index in [-0.39, 0.29) is 14.5 Å². The van der Waals surface area contributed by atoms with Crippen LogP contribution in [0.25, 0.3) is 11.3 Å². The molecule has 1 heterocycles. The van der Waals surface area contributed by atoms with E-state index in [9.17, 15) is 0 Å². The number of hydrogen-bond donors (Lipinski definition) is 1. The molecule has 4 heteroatoms. The molecule has 0 aliphatic heterocycles. The summed E-state index contributed by atoms with van der Waals surface area (Å²) in [4.78, 5) is 6.79. The van der Waals surface area contributed by atoms with E-state index in [0.29, 0.717) is 0 Å². The number of rotatable bonds is 4. The van der Waals surface area contributed by atoms with Gasteiger partial charge in [0, 0.05) is 0 Å². The van der Waals surface area contributed by atoms with Crippen molar-refractivity contribution in [3.8, 4) is 11.3 Å². The molecule has 3 rings (SSSR count). The molecule has 0 aliphatic carbocycles. The summed E-state index contributed by atoms with van der Waals surface area (Å²) in [6.45, 7) is 2.00. The van der Waals surface area contributed by atoms with Gasteiger partial charge in [-0.25, -0.2) is 0 Å². The zero-order valence-corrected chi connectivity index (χ0v) is 13.4. The van der Waals surface area contributed by atoms with Gasteiger partial charge >= 0.3 is 130 Å². The maximum atomic E-state index is 4.61. The van der Waals surface area contributed by atoms with Crippen LogP contribution in [0.2, 0.25) is 0 Å². The van der Waals surface area contributed by atoms with Crippen LogP contribution < -0.4 is 5.43 Å². The summed E-state index contributed by atoms with van der Waals surface area (Å²) < 4.78 is 0.941. The molecule has 0 saturated heterocycles. The Labute approximate surface area is 130 Å². The van der Waals surface area contributed by atoms with E-state index < -0.39 is 0 Å². The summed E-state index contributed by atoms with van der Waals surface area (Å²) in [6, 6.07) is 20.4. The van der Waals surface area contributed by atoms with Gasteiger partial charge in [0.25, 0.3) is 0 Å². The molecule has 1 aromatic heterocycles. The number of aromatic nitrogens is 1. The summed E-state index contributed by atoms with van der Waals surface area (Å²) in [7, 11) is 0. The number of nitrogens with zero attached hydrogens (tertiary/aromatic N) is 2. The Kier molecular flexibility index (Phi) is 4.29. The summed E-state index contributed by atoms with van der Waals surface area (Å²) in [5.74, 6) is 0. The minimum atomic E-state index is 0.214. The molecule has 104 valence electrons. The van der Waals surface area contributed by atoms with Gasteiger partial charge in [-0.2, -0.15) is 0 Å². The van der Waals surface area contributed by atoms with E-state index in [1.807, 2.05) is 43.3 Å². The van der Waals surface area contributed by atoms with Crippen molar-refractivity contribution < 1.29 is 0 Å². The van der Waals surface area contributed by atoms with Crippen molar-refractivity contribution in [2.75, 3.05) is 5.43 Å². The third-order valence-electron chi connectivity index (χ3n) is 3.08. The van der Waals surface area contributed by atoms with Gasteiger partial charge in [0.15, 0.2) is 0 Å². The molecule has 0 unspecified atom stereocenters. The molecule has 0 atom stereocenters. The molecule has 0 amide bonds. The van der Waals surface area contributed by atoms with E-state index in [0.717, 1.165) is 27.2 Å². The van der Waals surface area contributed by atoms with Crippen LogP contribution in [-0.4, -0.2) is 25.2 Å². The van der Waals surface area contributed by atoms with Gasteiger partial charge in [0.2, 0.25) is 0 Å². The van der Waals surface area contributed by atoms with Gasteiger partial charge in [-0.05, 0) is 0 Å². The Balaban J connectivity index is 1.73. The molecule has 0 radical (unpaired) electrons. The SMILES string of the molecule is C/C(=N/Nc1nc(-c2ccccc2)c[se]1)c1ccccc1. The van der Waals surface area contributed by atoms with E-state index in [4.69, 9.17) is 0 Å². The molecular formula is C17H15N3Se. The predicted octanol–water partition coefficient (Wildman–Crippen LogP) is 3.64. The van der Waals surface area contributed by atoms with Crippen molar-refractivity contribution >= 4 is 24.9 Å². The van der Waals surface area contributed by atoms with E-state index >= 15 is 0 Å². The van der Waals surface area contributed by atoms with Crippen LogP contribution in [-0.2, 0) is 0 Å². The van der Waals surface area contributed by atoms with E-state index in [1.165, 1.54) is 0 Å². The van der Waals surface area contributed by atoms with Gasteiger partial charge in [0.05, 0.1) is 0 Å². The molecule has 0 fully saturated rings. The van der Waals surface area contributed by atoms with Crippen LogP contribution >= 0.6 is 0 Å². The summed E-state index contributed by atoms with van der Waals surface area (Å²) in [5.41, 5.74) is 7.36. The van der Waals surface area contributed by atoms with Crippen LogP contribution in [0.3, 0.4) is 0 Å². The summed E-state index contributed by atoms with van der Waals surface area (Å²) in [5, 5.41) is 4.42. The molecule has 3 nitrogen and oxygen atoms in total. The third-order valence-corrected chi connectivity index (χ3v) is 4.65. The second-order valence-corrected chi connectivity index (χ2v) is 6.38. The van der Waals surface area contributed by atoms with Crippen LogP contribution in [0.5, 0.6) is 0 Å². The first-order chi connectivity index (χ1) is 10.3. The van der Waals surface area contributed by atoms with Crippen LogP contribution in [0.15, 0.2) is 70.7 Å². The first kappa shape index (κ1) is 13.8. The second-order valence-electron chi connectivity index (χ2n) is 4.58. The average Bonchev–Trinajstić information content (AvgIpc) is 3.03. The van der Waals surface area contributed by atoms with Crippen LogP contribution in [0, 0.1) is 0 Å². The van der Waals surface area contributed by atoms with Gasteiger partial charge in [-0.15, -0.1) is 0 Å². The molecule has 0 aliphatic rings. The number of benzene rings is 2. The third kappa shape index (κ3) is 3.48. The van der Waals surface area contributed by atoms with Crippen molar-refractivity contribution in [3.05, 3.63) is 71.2 Å². The fraction of sp³-hybridized carbons (Fsp3) is 0.0588. The zero-order chi connectivity index (χ0) is 14.5. The average molecular weight is 340 g/mol. The van der Waals surface area contributed by atoms with E-state index in [2.05, 4.69) is 44.7 Å². The summed E-state index contributed by atoms with van der Waals surface area (Å²) >= 11 is 0.214. The molecule has 0 bridgehead atoms. The second kappa shape index (κ2) is 6.53. The molecule has 2 aromatic carbocycles. The molecule has 1 N–H and O–H groups in total. The molecule has 0 spiro atoms. The summed E-state index contributed by atoms with van der Waals surface area (Å²) in [6.07, 6.45) is 0. The Hall–Kier alpha value is -2.16. The van der Waals surface area contributed by atoms with Crippen molar-refractivity contribution in [1.29, 1.82) is 0 Å². The first-order valence-corrected chi connectivity index (χ1v) is 8.54. The van der Waals surface area contributed by atoms with Crippen LogP contribution in [0.1, 0.15) is 12.5 Å². The zero-order valence-electron chi connectivity index (χ0n) is 11.7. The number of hydrazone groups is 1. The quantitative estimate of drug-likeness (QED) is 0.447. The molecule has 21 heavy (non-hydrogen) atoms. The molecular weight excluding hydrogens is 325 g/mol. The Morgan fingerprint density at radius 2 is 1.67 bits per heavy atom. The fourth-order valence-electron chi connectivity index (χ4n) is 1.94. The maximum absolute atomic E-state index is 4.61. The predicted molar refractivity (Wildman–Crippen MR) is 88.9 cm³/mol. The number of nitrogens with one attached hydrogen (secondary N) is 1. The normalized spacial score (nSPS) is 11.4. The topological polar surface area (TPSA) is 37.3 Å². The van der Waals surface area contributed by atoms with Crippen LogP contribution in [0.4, 0.5) is 4.69 Å². The van der Waals surface area contributed by atoms with Crippen molar-refractivity contribution in [3.63, 3.8) is 0 Å². The van der Waals surface area contributed by atoms with E-state index in [1.54, 1.807) is 0 Å². The van der Waals surface area contributed by atoms with Crippen molar-refractivity contribution in [2.24, 2.45) is 5.10 Å².